The lowest BCUT2D eigenvalue weighted by Crippen LogP contribution is -2.03. The molecule has 1 aromatic heterocycles. The predicted octanol–water partition coefficient (Wildman–Crippen LogP) is 3.99. The number of hydrogen-bond acceptors (Lipinski definition) is 2. The van der Waals surface area contributed by atoms with E-state index in [0.29, 0.717) is 11.4 Å². The van der Waals surface area contributed by atoms with Gasteiger partial charge in [0.05, 0.1) is 6.10 Å². The average molecular weight is 253 g/mol. The number of halogens is 1. The second kappa shape index (κ2) is 5.00. The second-order valence-electron chi connectivity index (χ2n) is 3.85. The molecule has 0 bridgehead atoms. The maximum absolute atomic E-state index is 10.1. The van der Waals surface area contributed by atoms with Crippen molar-refractivity contribution in [2.24, 2.45) is 0 Å². The van der Waals surface area contributed by atoms with E-state index in [1.165, 1.54) is 0 Å². The van der Waals surface area contributed by atoms with E-state index in [0.717, 1.165) is 16.7 Å². The maximum Gasteiger partial charge on any atom is 0.0833 e. The quantitative estimate of drug-likeness (QED) is 0.876. The van der Waals surface area contributed by atoms with Crippen LogP contribution in [0.15, 0.2) is 35.0 Å². The van der Waals surface area contributed by atoms with Crippen molar-refractivity contribution in [2.45, 2.75) is 19.4 Å². The zero-order valence-electron chi connectivity index (χ0n) is 8.98. The molecule has 0 spiro atoms. The molecule has 1 N–H and O–H groups in total. The lowest BCUT2D eigenvalue weighted by atomic mass is 9.99. The zero-order valence-corrected chi connectivity index (χ0v) is 10.6. The Morgan fingerprint density at radius 1 is 1.38 bits per heavy atom. The molecule has 1 nitrogen and oxygen atoms in total. The highest BCUT2D eigenvalue weighted by atomic mass is 35.5. The fraction of sp³-hybridized carbons (Fsp3) is 0.231. The van der Waals surface area contributed by atoms with Gasteiger partial charge in [-0.25, -0.2) is 0 Å². The number of aryl methyl sites for hydroxylation is 1. The molecule has 84 valence electrons. The Morgan fingerprint density at radius 2 is 2.19 bits per heavy atom. The summed E-state index contributed by atoms with van der Waals surface area (Å²) >= 11 is 7.58. The van der Waals surface area contributed by atoms with Crippen LogP contribution in [-0.4, -0.2) is 5.11 Å². The van der Waals surface area contributed by atoms with Crippen molar-refractivity contribution in [1.82, 2.24) is 0 Å². The van der Waals surface area contributed by atoms with Gasteiger partial charge in [0.15, 0.2) is 0 Å². The fourth-order valence-corrected chi connectivity index (χ4v) is 2.57. The predicted molar refractivity (Wildman–Crippen MR) is 69.2 cm³/mol. The second-order valence-corrected chi connectivity index (χ2v) is 5.07. The molecule has 2 aromatic rings. The maximum atomic E-state index is 10.1. The number of thiophene rings is 1. The van der Waals surface area contributed by atoms with Gasteiger partial charge in [-0.3, -0.25) is 0 Å². The van der Waals surface area contributed by atoms with E-state index in [9.17, 15) is 5.11 Å². The largest absolute Gasteiger partial charge is 0.388 e. The van der Waals surface area contributed by atoms with E-state index in [1.807, 2.05) is 36.6 Å². The molecule has 1 aromatic carbocycles. The van der Waals surface area contributed by atoms with Gasteiger partial charge in [-0.1, -0.05) is 17.7 Å². The van der Waals surface area contributed by atoms with E-state index in [4.69, 9.17) is 11.6 Å². The molecule has 0 aliphatic rings. The third-order valence-corrected chi connectivity index (χ3v) is 3.58. The first-order valence-corrected chi connectivity index (χ1v) is 6.44. The van der Waals surface area contributed by atoms with Gasteiger partial charge in [0.25, 0.3) is 0 Å². The van der Waals surface area contributed by atoms with E-state index in [-0.39, 0.29) is 0 Å². The molecule has 0 amide bonds. The van der Waals surface area contributed by atoms with Gasteiger partial charge in [-0.05, 0) is 52.6 Å². The SMILES string of the molecule is Cc1ccc(Cl)cc1C(O)Cc1ccsc1. The molecule has 0 radical (unpaired) electrons. The van der Waals surface area contributed by atoms with Crippen LogP contribution in [0, 0.1) is 6.92 Å². The van der Waals surface area contributed by atoms with E-state index >= 15 is 0 Å². The first-order valence-electron chi connectivity index (χ1n) is 5.12. The van der Waals surface area contributed by atoms with Crippen molar-refractivity contribution in [3.8, 4) is 0 Å². The molecule has 1 unspecified atom stereocenters. The molecule has 0 saturated heterocycles. The summed E-state index contributed by atoms with van der Waals surface area (Å²) in [6, 6.07) is 7.66. The molecule has 1 heterocycles. The molecule has 0 fully saturated rings. The topological polar surface area (TPSA) is 20.2 Å². The monoisotopic (exact) mass is 252 g/mol. The van der Waals surface area contributed by atoms with Gasteiger partial charge < -0.3 is 5.11 Å². The minimum atomic E-state index is -0.478. The van der Waals surface area contributed by atoms with Gasteiger partial charge in [0.1, 0.15) is 0 Å². The van der Waals surface area contributed by atoms with Gasteiger partial charge >= 0.3 is 0 Å². The average Bonchev–Trinajstić information content (AvgIpc) is 2.74. The molecule has 16 heavy (non-hydrogen) atoms. The Balaban J connectivity index is 2.20. The van der Waals surface area contributed by atoms with Crippen LogP contribution < -0.4 is 0 Å². The third-order valence-electron chi connectivity index (χ3n) is 2.61. The van der Waals surface area contributed by atoms with Gasteiger partial charge in [0.2, 0.25) is 0 Å². The Kier molecular flexibility index (Phi) is 3.64. The minimum absolute atomic E-state index is 0.478. The van der Waals surface area contributed by atoms with Crippen molar-refractivity contribution in [3.05, 3.63) is 56.7 Å². The number of aliphatic hydroxyl groups excluding tert-OH is 1. The Labute approximate surface area is 104 Å². The molecule has 3 heteroatoms. The van der Waals surface area contributed by atoms with Gasteiger partial charge in [0, 0.05) is 11.4 Å². The minimum Gasteiger partial charge on any atom is -0.388 e. The summed E-state index contributed by atoms with van der Waals surface area (Å²) in [7, 11) is 0. The lowest BCUT2D eigenvalue weighted by molar-refractivity contribution is 0.178. The summed E-state index contributed by atoms with van der Waals surface area (Å²) in [5.74, 6) is 0. The first-order chi connectivity index (χ1) is 7.66. The van der Waals surface area contributed by atoms with Gasteiger partial charge in [-0.2, -0.15) is 11.3 Å². The third kappa shape index (κ3) is 2.64. The summed E-state index contributed by atoms with van der Waals surface area (Å²) in [6.45, 7) is 1.99. The summed E-state index contributed by atoms with van der Waals surface area (Å²) in [5.41, 5.74) is 3.16. The summed E-state index contributed by atoms with van der Waals surface area (Å²) in [5, 5.41) is 14.9. The summed E-state index contributed by atoms with van der Waals surface area (Å²) < 4.78 is 0. The normalized spacial score (nSPS) is 12.7. The molecule has 2 rings (SSSR count). The first kappa shape index (κ1) is 11.6. The number of aliphatic hydroxyl groups is 1. The van der Waals surface area contributed by atoms with E-state index in [2.05, 4.69) is 5.38 Å². The fourth-order valence-electron chi connectivity index (χ4n) is 1.71. The van der Waals surface area contributed by atoms with Crippen LogP contribution in [0.2, 0.25) is 5.02 Å². The molecule has 0 aliphatic heterocycles. The van der Waals surface area contributed by atoms with Crippen LogP contribution in [-0.2, 0) is 6.42 Å². The lowest BCUT2D eigenvalue weighted by Gasteiger charge is -2.13. The standard InChI is InChI=1S/C13H13ClOS/c1-9-2-3-11(14)7-12(9)13(15)6-10-4-5-16-8-10/h2-5,7-8,13,15H,6H2,1H3. The van der Waals surface area contributed by atoms with Gasteiger partial charge in [-0.15, -0.1) is 0 Å². The molecular formula is C13H13ClOS. The summed E-state index contributed by atoms with van der Waals surface area (Å²) in [4.78, 5) is 0. The summed E-state index contributed by atoms with van der Waals surface area (Å²) in [6.07, 6.45) is 0.165. The zero-order chi connectivity index (χ0) is 11.5. The van der Waals surface area contributed by atoms with Crippen LogP contribution in [0.4, 0.5) is 0 Å². The molecule has 0 saturated carbocycles. The van der Waals surface area contributed by atoms with Crippen LogP contribution in [0.25, 0.3) is 0 Å². The van der Waals surface area contributed by atoms with Crippen molar-refractivity contribution in [2.75, 3.05) is 0 Å². The molecular weight excluding hydrogens is 240 g/mol. The van der Waals surface area contributed by atoms with Crippen molar-refractivity contribution < 1.29 is 5.11 Å². The highest BCUT2D eigenvalue weighted by molar-refractivity contribution is 7.07. The Morgan fingerprint density at radius 3 is 2.88 bits per heavy atom. The Hall–Kier alpha value is -0.830. The molecule has 0 aliphatic carbocycles. The smallest absolute Gasteiger partial charge is 0.0833 e. The van der Waals surface area contributed by atoms with E-state index in [1.54, 1.807) is 11.3 Å². The van der Waals surface area contributed by atoms with Crippen LogP contribution >= 0.6 is 22.9 Å². The number of rotatable bonds is 3. The number of benzene rings is 1. The Bertz CT molecular complexity index is 465. The van der Waals surface area contributed by atoms with E-state index < -0.39 is 6.10 Å². The highest BCUT2D eigenvalue weighted by Crippen LogP contribution is 2.25. The van der Waals surface area contributed by atoms with Crippen LogP contribution in [0.1, 0.15) is 22.8 Å². The van der Waals surface area contributed by atoms with Crippen LogP contribution in [0.3, 0.4) is 0 Å². The molecule has 1 atom stereocenters. The van der Waals surface area contributed by atoms with Crippen molar-refractivity contribution >= 4 is 22.9 Å². The number of hydrogen-bond donors (Lipinski definition) is 1. The van der Waals surface area contributed by atoms with Crippen LogP contribution in [0.5, 0.6) is 0 Å². The van der Waals surface area contributed by atoms with Crippen molar-refractivity contribution in [1.29, 1.82) is 0 Å². The van der Waals surface area contributed by atoms with Crippen molar-refractivity contribution in [3.63, 3.8) is 0 Å². The highest BCUT2D eigenvalue weighted by Gasteiger charge is 2.11.